The number of hydrogen-bond donors (Lipinski definition) is 2. The number of hydrogen-bond acceptors (Lipinski definition) is 2. The van der Waals surface area contributed by atoms with Crippen molar-refractivity contribution in [3.63, 3.8) is 0 Å². The third-order valence-electron chi connectivity index (χ3n) is 4.69. The molecule has 1 aromatic rings. The molecule has 2 aliphatic carbocycles. The van der Waals surface area contributed by atoms with Crippen LogP contribution < -0.4 is 5.32 Å². The molecule has 1 amide bonds. The fourth-order valence-electron chi connectivity index (χ4n) is 3.56. The largest absolute Gasteiger partial charge is 0.481 e. The summed E-state index contributed by atoms with van der Waals surface area (Å²) < 4.78 is 0. The fourth-order valence-corrected chi connectivity index (χ4v) is 3.56. The van der Waals surface area contributed by atoms with E-state index in [1.54, 1.807) is 12.1 Å². The molecule has 3 atom stereocenters. The molecule has 0 bridgehead atoms. The summed E-state index contributed by atoms with van der Waals surface area (Å²) in [6.07, 6.45) is 3.55. The highest BCUT2D eigenvalue weighted by molar-refractivity contribution is 5.84. The minimum atomic E-state index is -0.896. The van der Waals surface area contributed by atoms with Gasteiger partial charge in [0.1, 0.15) is 0 Å². The number of amides is 1. The predicted molar refractivity (Wildman–Crippen MR) is 74.1 cm³/mol. The molecular weight excluding hydrogens is 254 g/mol. The smallest absolute Gasteiger partial charge is 0.312 e. The number of aliphatic carboxylic acids is 1. The van der Waals surface area contributed by atoms with Crippen LogP contribution in [-0.2, 0) is 9.59 Å². The Bertz CT molecular complexity index is 504. The van der Waals surface area contributed by atoms with Gasteiger partial charge in [-0.15, -0.1) is 0 Å². The molecule has 106 valence electrons. The van der Waals surface area contributed by atoms with E-state index in [0.29, 0.717) is 11.8 Å². The Morgan fingerprint density at radius 1 is 1.20 bits per heavy atom. The van der Waals surface area contributed by atoms with Crippen molar-refractivity contribution in [2.45, 2.75) is 25.2 Å². The normalized spacial score (nSPS) is 28.5. The lowest BCUT2D eigenvalue weighted by Crippen LogP contribution is -2.33. The zero-order valence-electron chi connectivity index (χ0n) is 11.3. The van der Waals surface area contributed by atoms with Gasteiger partial charge < -0.3 is 10.4 Å². The van der Waals surface area contributed by atoms with Gasteiger partial charge in [-0.25, -0.2) is 0 Å². The second-order valence-electron chi connectivity index (χ2n) is 5.83. The van der Waals surface area contributed by atoms with E-state index in [9.17, 15) is 14.7 Å². The van der Waals surface area contributed by atoms with Crippen LogP contribution in [0, 0.1) is 17.8 Å². The van der Waals surface area contributed by atoms with E-state index in [-0.39, 0.29) is 18.4 Å². The fraction of sp³-hybridized carbons (Fsp3) is 0.500. The van der Waals surface area contributed by atoms with Crippen molar-refractivity contribution in [1.82, 2.24) is 5.32 Å². The topological polar surface area (TPSA) is 66.4 Å². The second kappa shape index (κ2) is 5.27. The van der Waals surface area contributed by atoms with Crippen molar-refractivity contribution >= 4 is 11.9 Å². The van der Waals surface area contributed by atoms with Crippen molar-refractivity contribution < 1.29 is 14.7 Å². The van der Waals surface area contributed by atoms with E-state index in [1.165, 1.54) is 6.42 Å². The van der Waals surface area contributed by atoms with Gasteiger partial charge in [-0.3, -0.25) is 9.59 Å². The summed E-state index contributed by atoms with van der Waals surface area (Å²) >= 11 is 0. The average Bonchev–Trinajstić information content (AvgIpc) is 2.93. The first-order chi connectivity index (χ1) is 9.68. The van der Waals surface area contributed by atoms with Crippen LogP contribution in [0.15, 0.2) is 30.3 Å². The summed E-state index contributed by atoms with van der Waals surface area (Å²) in [6.45, 7) is 0.175. The molecule has 1 aromatic carbocycles. The third-order valence-corrected chi connectivity index (χ3v) is 4.69. The van der Waals surface area contributed by atoms with Crippen LogP contribution in [0.25, 0.3) is 0 Å². The van der Waals surface area contributed by atoms with Crippen LogP contribution in [0.2, 0.25) is 0 Å². The van der Waals surface area contributed by atoms with Crippen LogP contribution in [0.5, 0.6) is 0 Å². The molecule has 0 aromatic heterocycles. The lowest BCUT2D eigenvalue weighted by atomic mass is 9.99. The summed E-state index contributed by atoms with van der Waals surface area (Å²) in [6, 6.07) is 9.07. The van der Waals surface area contributed by atoms with Crippen LogP contribution in [0.1, 0.15) is 30.7 Å². The van der Waals surface area contributed by atoms with Crippen LogP contribution in [0.4, 0.5) is 0 Å². The van der Waals surface area contributed by atoms with Crippen molar-refractivity contribution in [3.05, 3.63) is 35.9 Å². The predicted octanol–water partition coefficient (Wildman–Crippen LogP) is 2.02. The molecule has 0 aliphatic heterocycles. The van der Waals surface area contributed by atoms with Gasteiger partial charge in [-0.05, 0) is 30.2 Å². The number of carboxylic acids is 1. The summed E-state index contributed by atoms with van der Waals surface area (Å²) in [5, 5.41) is 12.1. The van der Waals surface area contributed by atoms with Gasteiger partial charge in [0, 0.05) is 12.5 Å². The first-order valence-corrected chi connectivity index (χ1v) is 7.24. The van der Waals surface area contributed by atoms with E-state index >= 15 is 0 Å². The first kappa shape index (κ1) is 13.2. The van der Waals surface area contributed by atoms with Crippen LogP contribution >= 0.6 is 0 Å². The van der Waals surface area contributed by atoms with E-state index in [1.807, 2.05) is 18.2 Å². The zero-order valence-corrected chi connectivity index (χ0v) is 11.3. The summed E-state index contributed by atoms with van der Waals surface area (Å²) in [4.78, 5) is 23.4. The van der Waals surface area contributed by atoms with Crippen LogP contribution in [-0.4, -0.2) is 23.5 Å². The molecule has 20 heavy (non-hydrogen) atoms. The van der Waals surface area contributed by atoms with Crippen molar-refractivity contribution in [2.75, 3.05) is 6.54 Å². The van der Waals surface area contributed by atoms with E-state index < -0.39 is 11.9 Å². The van der Waals surface area contributed by atoms with Gasteiger partial charge >= 0.3 is 5.97 Å². The van der Waals surface area contributed by atoms with Crippen molar-refractivity contribution in [3.8, 4) is 0 Å². The molecule has 3 rings (SSSR count). The van der Waals surface area contributed by atoms with Crippen molar-refractivity contribution in [2.24, 2.45) is 17.8 Å². The standard InChI is InChI=1S/C16H19NO3/c18-15(14-11-7-4-8-12(11)14)17-9-13(16(19)20)10-5-2-1-3-6-10/h1-3,5-6,11-14H,4,7-9H2,(H,17,18)(H,19,20). The number of carboxylic acid groups (broad SMARTS) is 1. The molecular formula is C16H19NO3. The highest BCUT2D eigenvalue weighted by Gasteiger charge is 2.56. The maximum absolute atomic E-state index is 12.1. The van der Waals surface area contributed by atoms with Crippen molar-refractivity contribution in [1.29, 1.82) is 0 Å². The molecule has 3 unspecified atom stereocenters. The zero-order chi connectivity index (χ0) is 14.1. The number of nitrogens with one attached hydrogen (secondary N) is 1. The monoisotopic (exact) mass is 273 g/mol. The van der Waals surface area contributed by atoms with Gasteiger partial charge in [0.15, 0.2) is 0 Å². The minimum absolute atomic E-state index is 0.0434. The Morgan fingerprint density at radius 3 is 2.45 bits per heavy atom. The molecule has 4 nitrogen and oxygen atoms in total. The summed E-state index contributed by atoms with van der Waals surface area (Å²) in [7, 11) is 0. The molecule has 2 N–H and O–H groups in total. The van der Waals surface area contributed by atoms with Gasteiger partial charge in [0.05, 0.1) is 5.92 Å². The minimum Gasteiger partial charge on any atom is -0.481 e. The van der Waals surface area contributed by atoms with Gasteiger partial charge in [0.25, 0.3) is 0 Å². The highest BCUT2D eigenvalue weighted by Crippen LogP contribution is 2.57. The Balaban J connectivity index is 1.58. The molecule has 2 fully saturated rings. The maximum Gasteiger partial charge on any atom is 0.312 e. The Hall–Kier alpha value is -1.84. The number of benzene rings is 1. The lowest BCUT2D eigenvalue weighted by molar-refractivity contribution is -0.138. The Morgan fingerprint density at radius 2 is 1.85 bits per heavy atom. The second-order valence-corrected chi connectivity index (χ2v) is 5.83. The molecule has 2 saturated carbocycles. The quantitative estimate of drug-likeness (QED) is 0.862. The Kier molecular flexibility index (Phi) is 3.47. The number of carbonyl (C=O) groups excluding carboxylic acids is 1. The van der Waals surface area contributed by atoms with Gasteiger partial charge in [-0.2, -0.15) is 0 Å². The summed E-state index contributed by atoms with van der Waals surface area (Å²) in [5.41, 5.74) is 0.733. The molecule has 0 heterocycles. The lowest BCUT2D eigenvalue weighted by Gasteiger charge is -2.14. The maximum atomic E-state index is 12.1. The summed E-state index contributed by atoms with van der Waals surface area (Å²) in [5.74, 6) is -0.243. The SMILES string of the molecule is O=C(O)C(CNC(=O)C1C2CCCC21)c1ccccc1. The molecule has 2 aliphatic rings. The van der Waals surface area contributed by atoms with Gasteiger partial charge in [0.2, 0.25) is 5.91 Å². The number of fused-ring (bicyclic) bond motifs is 1. The molecule has 0 spiro atoms. The van der Waals surface area contributed by atoms with E-state index in [0.717, 1.165) is 18.4 Å². The molecule has 0 radical (unpaired) electrons. The first-order valence-electron chi connectivity index (χ1n) is 7.24. The van der Waals surface area contributed by atoms with Crippen LogP contribution in [0.3, 0.4) is 0 Å². The number of carbonyl (C=O) groups is 2. The number of rotatable bonds is 5. The van der Waals surface area contributed by atoms with E-state index in [4.69, 9.17) is 0 Å². The third kappa shape index (κ3) is 2.42. The Labute approximate surface area is 118 Å². The molecule has 4 heteroatoms. The van der Waals surface area contributed by atoms with Gasteiger partial charge in [-0.1, -0.05) is 36.8 Å². The van der Waals surface area contributed by atoms with E-state index in [2.05, 4.69) is 5.32 Å². The highest BCUT2D eigenvalue weighted by atomic mass is 16.4. The molecule has 0 saturated heterocycles. The average molecular weight is 273 g/mol.